The number of carbonyl (C=O) groups is 3. The highest BCUT2D eigenvalue weighted by Crippen LogP contribution is 2.13. The van der Waals surface area contributed by atoms with Gasteiger partial charge in [-0.2, -0.15) is 0 Å². The van der Waals surface area contributed by atoms with E-state index >= 15 is 0 Å². The highest BCUT2D eigenvalue weighted by Gasteiger charge is 2.19. The topological polar surface area (TPSA) is 78.9 Å². The second-order valence-corrected chi connectivity index (χ2v) is 18.1. The minimum absolute atomic E-state index is 0.0912. The average Bonchev–Trinajstić information content (AvgIpc) is 3.34. The van der Waals surface area contributed by atoms with Crippen molar-refractivity contribution in [3.63, 3.8) is 0 Å². The third kappa shape index (κ3) is 53.0. The van der Waals surface area contributed by atoms with Gasteiger partial charge >= 0.3 is 17.9 Å². The Balaban J connectivity index is 4.19. The summed E-state index contributed by atoms with van der Waals surface area (Å²) in [7, 11) is 0. The lowest BCUT2D eigenvalue weighted by Crippen LogP contribution is -2.30. The van der Waals surface area contributed by atoms with Crippen molar-refractivity contribution in [2.24, 2.45) is 0 Å². The van der Waals surface area contributed by atoms with E-state index in [0.717, 1.165) is 148 Å². The number of hydrogen-bond donors (Lipinski definition) is 0. The molecule has 0 aromatic rings. The fraction of sp³-hybridized carbons (Fsp3) is 0.661. The van der Waals surface area contributed by atoms with Crippen LogP contribution in [0.3, 0.4) is 0 Å². The predicted octanol–water partition coefficient (Wildman–Crippen LogP) is 18.7. The first-order valence-electron chi connectivity index (χ1n) is 27.9. The van der Waals surface area contributed by atoms with Crippen LogP contribution in [-0.2, 0) is 28.6 Å². The van der Waals surface area contributed by atoms with E-state index in [1.165, 1.54) is 57.8 Å². The van der Waals surface area contributed by atoms with Gasteiger partial charge in [0, 0.05) is 19.3 Å². The highest BCUT2D eigenvalue weighted by molar-refractivity contribution is 5.71. The van der Waals surface area contributed by atoms with Gasteiger partial charge in [-0.1, -0.05) is 226 Å². The zero-order valence-electron chi connectivity index (χ0n) is 44.1. The number of unbranched alkanes of at least 4 members (excludes halogenated alkanes) is 20. The first-order chi connectivity index (χ1) is 33.5. The maximum absolute atomic E-state index is 12.7. The summed E-state index contributed by atoms with van der Waals surface area (Å²) in [6.45, 7) is 6.40. The van der Waals surface area contributed by atoms with E-state index < -0.39 is 6.10 Å². The smallest absolute Gasteiger partial charge is 0.306 e. The normalized spacial score (nSPS) is 12.9. The van der Waals surface area contributed by atoms with E-state index in [0.29, 0.717) is 19.3 Å². The van der Waals surface area contributed by atoms with Gasteiger partial charge in [0.05, 0.1) is 0 Å². The minimum Gasteiger partial charge on any atom is -0.462 e. The molecule has 1 unspecified atom stereocenters. The monoisotopic (exact) mass is 943 g/mol. The third-order valence-corrected chi connectivity index (χ3v) is 11.5. The fourth-order valence-electron chi connectivity index (χ4n) is 7.33. The lowest BCUT2D eigenvalue weighted by molar-refractivity contribution is -0.167. The van der Waals surface area contributed by atoms with Crippen LogP contribution in [0.5, 0.6) is 0 Å². The first-order valence-corrected chi connectivity index (χ1v) is 27.9. The highest BCUT2D eigenvalue weighted by atomic mass is 16.6. The standard InChI is InChI=1S/C62H102O6/c1-4-7-10-13-15-17-19-21-23-25-26-27-28-29-30-31-32-33-34-35-36-37-39-40-42-44-46-49-52-55-61(64)67-58-59(57-66-60(63)54-51-48-12-9-6-3)68-62(65)56-53-50-47-45-43-41-38-24-22-20-18-16-14-11-8-5-2/h7,10,15,17,21,23-24,26-27,29-30,32-33,35-36,38-40,59H,4-6,8-9,11-14,16,18-20,22,25,28,31,34,37,41-58H2,1-3H3/b10-7-,17-15-,23-21-,27-26-,30-29-,33-32-,36-35-,38-24-,40-39-. The van der Waals surface area contributed by atoms with Crippen molar-refractivity contribution < 1.29 is 28.6 Å². The summed E-state index contributed by atoms with van der Waals surface area (Å²) >= 11 is 0. The molecule has 68 heavy (non-hydrogen) atoms. The largest absolute Gasteiger partial charge is 0.462 e. The summed E-state index contributed by atoms with van der Waals surface area (Å²) in [6, 6.07) is 0. The lowest BCUT2D eigenvalue weighted by atomic mass is 10.1. The molecular formula is C62H102O6. The molecule has 0 aromatic heterocycles. The van der Waals surface area contributed by atoms with Gasteiger partial charge in [-0.15, -0.1) is 0 Å². The van der Waals surface area contributed by atoms with Crippen LogP contribution in [0.15, 0.2) is 109 Å². The molecule has 0 radical (unpaired) electrons. The summed E-state index contributed by atoms with van der Waals surface area (Å²) in [6.07, 6.45) is 75.5. The molecule has 0 saturated heterocycles. The Morgan fingerprint density at radius 1 is 0.309 bits per heavy atom. The predicted molar refractivity (Wildman–Crippen MR) is 293 cm³/mol. The Bertz CT molecular complexity index is 1410. The van der Waals surface area contributed by atoms with Crippen LogP contribution < -0.4 is 0 Å². The van der Waals surface area contributed by atoms with E-state index in [1.54, 1.807) is 0 Å². The Kier molecular flexibility index (Phi) is 52.4. The van der Waals surface area contributed by atoms with Crippen LogP contribution in [0.1, 0.15) is 245 Å². The molecule has 386 valence electrons. The molecular weight excluding hydrogens is 841 g/mol. The summed E-state index contributed by atoms with van der Waals surface area (Å²) in [5, 5.41) is 0. The molecule has 1 atom stereocenters. The van der Waals surface area contributed by atoms with Crippen molar-refractivity contribution in [1.82, 2.24) is 0 Å². The summed E-state index contributed by atoms with van der Waals surface area (Å²) in [5.74, 6) is -0.942. The molecule has 0 amide bonds. The maximum atomic E-state index is 12.7. The first kappa shape index (κ1) is 64.1. The molecule has 0 aromatic carbocycles. The number of ether oxygens (including phenoxy) is 3. The number of carbonyl (C=O) groups excluding carboxylic acids is 3. The molecule has 6 nitrogen and oxygen atoms in total. The number of rotatable bonds is 49. The number of allylic oxidation sites excluding steroid dienone is 18. The van der Waals surface area contributed by atoms with Crippen LogP contribution in [0, 0.1) is 0 Å². The van der Waals surface area contributed by atoms with E-state index in [2.05, 4.69) is 130 Å². The van der Waals surface area contributed by atoms with Crippen molar-refractivity contribution in [3.8, 4) is 0 Å². The zero-order valence-corrected chi connectivity index (χ0v) is 44.1. The molecule has 0 bridgehead atoms. The van der Waals surface area contributed by atoms with Gasteiger partial charge in [-0.25, -0.2) is 0 Å². The van der Waals surface area contributed by atoms with Crippen molar-refractivity contribution >= 4 is 17.9 Å². The average molecular weight is 943 g/mol. The van der Waals surface area contributed by atoms with E-state index in [4.69, 9.17) is 14.2 Å². The van der Waals surface area contributed by atoms with Crippen LogP contribution in [0.25, 0.3) is 0 Å². The van der Waals surface area contributed by atoms with Crippen LogP contribution in [0.4, 0.5) is 0 Å². The lowest BCUT2D eigenvalue weighted by Gasteiger charge is -2.18. The fourth-order valence-corrected chi connectivity index (χ4v) is 7.33. The molecule has 0 spiro atoms. The van der Waals surface area contributed by atoms with Gasteiger partial charge in [0.25, 0.3) is 0 Å². The molecule has 6 heteroatoms. The third-order valence-electron chi connectivity index (χ3n) is 11.5. The zero-order chi connectivity index (χ0) is 49.3. The molecule has 0 N–H and O–H groups in total. The van der Waals surface area contributed by atoms with Crippen LogP contribution in [-0.4, -0.2) is 37.2 Å². The number of esters is 3. The second kappa shape index (κ2) is 55.7. The summed E-state index contributed by atoms with van der Waals surface area (Å²) in [5.41, 5.74) is 0. The Morgan fingerprint density at radius 2 is 0.574 bits per heavy atom. The SMILES string of the molecule is CC/C=C\C/C=C\C/C=C\C/C=C\C/C=C\C/C=C\C/C=C\C/C=C\CCCCCCC(=O)OCC(COC(=O)CCCCCCC)OC(=O)CCCCCCC/C=C\CCCCCCCCC. The van der Waals surface area contributed by atoms with Crippen molar-refractivity contribution in [2.45, 2.75) is 252 Å². The van der Waals surface area contributed by atoms with Gasteiger partial charge in [0.2, 0.25) is 0 Å². The molecule has 0 saturated carbocycles. The van der Waals surface area contributed by atoms with Gasteiger partial charge in [0.1, 0.15) is 13.2 Å². The quantitative estimate of drug-likeness (QED) is 0.0262. The van der Waals surface area contributed by atoms with Gasteiger partial charge < -0.3 is 14.2 Å². The van der Waals surface area contributed by atoms with Crippen LogP contribution in [0.2, 0.25) is 0 Å². The van der Waals surface area contributed by atoms with Crippen molar-refractivity contribution in [2.75, 3.05) is 13.2 Å². The van der Waals surface area contributed by atoms with Crippen LogP contribution >= 0.6 is 0 Å². The Hall–Kier alpha value is -3.93. The van der Waals surface area contributed by atoms with Gasteiger partial charge in [-0.3, -0.25) is 14.4 Å². The molecule has 0 aliphatic rings. The second-order valence-electron chi connectivity index (χ2n) is 18.1. The van der Waals surface area contributed by atoms with E-state index in [-0.39, 0.29) is 31.1 Å². The molecule has 0 aliphatic heterocycles. The van der Waals surface area contributed by atoms with Crippen molar-refractivity contribution in [1.29, 1.82) is 0 Å². The summed E-state index contributed by atoms with van der Waals surface area (Å²) < 4.78 is 16.7. The minimum atomic E-state index is -0.790. The molecule has 0 aliphatic carbocycles. The number of hydrogen-bond acceptors (Lipinski definition) is 6. The Labute approximate surface area is 419 Å². The molecule has 0 heterocycles. The van der Waals surface area contributed by atoms with E-state index in [9.17, 15) is 14.4 Å². The molecule has 0 fully saturated rings. The maximum Gasteiger partial charge on any atom is 0.306 e. The molecule has 0 rings (SSSR count). The Morgan fingerprint density at radius 3 is 0.912 bits per heavy atom. The summed E-state index contributed by atoms with van der Waals surface area (Å²) in [4.78, 5) is 37.7. The van der Waals surface area contributed by atoms with Gasteiger partial charge in [0.15, 0.2) is 6.10 Å². The van der Waals surface area contributed by atoms with Crippen molar-refractivity contribution in [3.05, 3.63) is 109 Å². The van der Waals surface area contributed by atoms with E-state index in [1.807, 2.05) is 0 Å². The van der Waals surface area contributed by atoms with Gasteiger partial charge in [-0.05, 0) is 109 Å².